The second-order valence-corrected chi connectivity index (χ2v) is 9.89. The lowest BCUT2D eigenvalue weighted by molar-refractivity contribution is -0.136. The number of rotatable bonds is 5. The number of carbonyl (C=O) groups is 3. The fourth-order valence-electron chi connectivity index (χ4n) is 4.88. The summed E-state index contributed by atoms with van der Waals surface area (Å²) in [6.07, 6.45) is 1.94. The summed E-state index contributed by atoms with van der Waals surface area (Å²) in [6.45, 7) is 2.00. The number of halogens is 2. The van der Waals surface area contributed by atoms with Gasteiger partial charge in [0.05, 0.1) is 11.1 Å². The molecule has 2 aromatic carbocycles. The van der Waals surface area contributed by atoms with Gasteiger partial charge in [0.15, 0.2) is 0 Å². The Labute approximate surface area is 210 Å². The van der Waals surface area contributed by atoms with Crippen LogP contribution in [0.15, 0.2) is 34.7 Å². The van der Waals surface area contributed by atoms with Gasteiger partial charge in [0.1, 0.15) is 11.9 Å². The van der Waals surface area contributed by atoms with Crippen molar-refractivity contribution in [1.82, 2.24) is 20.4 Å². The van der Waals surface area contributed by atoms with Gasteiger partial charge in [-0.05, 0) is 61.6 Å². The Hall–Kier alpha value is -3.79. The highest BCUT2D eigenvalue weighted by atomic mass is 35.5. The zero-order valence-electron chi connectivity index (χ0n) is 19.2. The molecule has 2 fully saturated rings. The van der Waals surface area contributed by atoms with Crippen LogP contribution in [0.4, 0.5) is 10.4 Å². The number of fused-ring (bicyclic) bond motifs is 1. The SMILES string of the molecule is Cc1ccc(-c2nnc(NC3(c4cc(Cl)c5c(c4)C(=O)N(C4CCC(=O)NC4=O)C5)CC3)o2)c(F)c1. The van der Waals surface area contributed by atoms with Crippen molar-refractivity contribution in [3.63, 3.8) is 0 Å². The second-order valence-electron chi connectivity index (χ2n) is 9.49. The van der Waals surface area contributed by atoms with Crippen LogP contribution in [0.2, 0.25) is 5.02 Å². The Morgan fingerprint density at radius 2 is 1.97 bits per heavy atom. The Morgan fingerprint density at radius 1 is 1.17 bits per heavy atom. The number of aromatic nitrogens is 2. The molecule has 1 unspecified atom stereocenters. The summed E-state index contributed by atoms with van der Waals surface area (Å²) in [5, 5.41) is 14.0. The number of carbonyl (C=O) groups excluding carboxylic acids is 3. The highest BCUT2D eigenvalue weighted by Gasteiger charge is 2.48. The van der Waals surface area contributed by atoms with Crippen LogP contribution in [0.5, 0.6) is 0 Å². The van der Waals surface area contributed by atoms with Crippen molar-refractivity contribution in [2.24, 2.45) is 0 Å². The van der Waals surface area contributed by atoms with Gasteiger partial charge in [0.25, 0.3) is 11.8 Å². The number of anilines is 1. The van der Waals surface area contributed by atoms with Gasteiger partial charge in [-0.3, -0.25) is 19.7 Å². The minimum atomic E-state index is -0.714. The summed E-state index contributed by atoms with van der Waals surface area (Å²) in [5.41, 5.74) is 2.31. The smallest absolute Gasteiger partial charge is 0.316 e. The number of benzene rings is 2. The van der Waals surface area contributed by atoms with Gasteiger partial charge >= 0.3 is 6.01 Å². The molecule has 6 rings (SSSR count). The summed E-state index contributed by atoms with van der Waals surface area (Å²) in [4.78, 5) is 38.6. The van der Waals surface area contributed by atoms with Gasteiger partial charge in [-0.2, -0.15) is 0 Å². The average molecular weight is 510 g/mol. The van der Waals surface area contributed by atoms with Gasteiger partial charge in [-0.1, -0.05) is 22.8 Å². The Balaban J connectivity index is 1.25. The van der Waals surface area contributed by atoms with Crippen LogP contribution in [-0.2, 0) is 21.7 Å². The molecule has 1 atom stereocenters. The van der Waals surface area contributed by atoms with E-state index < -0.39 is 23.3 Å². The fraction of sp³-hybridized carbons (Fsp3) is 0.320. The number of imide groups is 1. The highest BCUT2D eigenvalue weighted by Crippen LogP contribution is 2.50. The molecule has 0 spiro atoms. The first kappa shape index (κ1) is 22.7. The van der Waals surface area contributed by atoms with Crippen molar-refractivity contribution >= 4 is 35.3 Å². The molecule has 2 N–H and O–H groups in total. The van der Waals surface area contributed by atoms with Crippen molar-refractivity contribution in [1.29, 1.82) is 0 Å². The molecule has 3 aromatic rings. The van der Waals surface area contributed by atoms with Crippen LogP contribution in [0.1, 0.15) is 52.7 Å². The average Bonchev–Trinajstić information content (AvgIpc) is 3.34. The number of hydrogen-bond donors (Lipinski definition) is 2. The third kappa shape index (κ3) is 3.72. The van der Waals surface area contributed by atoms with E-state index in [1.807, 2.05) is 0 Å². The van der Waals surface area contributed by atoms with E-state index in [0.29, 0.717) is 16.1 Å². The predicted octanol–water partition coefficient (Wildman–Crippen LogP) is 3.70. The number of aryl methyl sites for hydroxylation is 1. The molecule has 36 heavy (non-hydrogen) atoms. The lowest BCUT2D eigenvalue weighted by Crippen LogP contribution is -2.52. The molecule has 2 aliphatic heterocycles. The molecule has 9 nitrogen and oxygen atoms in total. The monoisotopic (exact) mass is 509 g/mol. The van der Waals surface area contributed by atoms with Gasteiger partial charge in [0, 0.05) is 29.1 Å². The van der Waals surface area contributed by atoms with E-state index in [4.69, 9.17) is 16.0 Å². The summed E-state index contributed by atoms with van der Waals surface area (Å²) in [6, 6.07) is 7.76. The van der Waals surface area contributed by atoms with E-state index in [0.717, 1.165) is 24.0 Å². The summed E-state index contributed by atoms with van der Waals surface area (Å²) >= 11 is 6.60. The van der Waals surface area contributed by atoms with Gasteiger partial charge in [-0.25, -0.2) is 4.39 Å². The lowest BCUT2D eigenvalue weighted by atomic mass is 9.99. The van der Waals surface area contributed by atoms with Gasteiger partial charge in [-0.15, -0.1) is 5.10 Å². The quantitative estimate of drug-likeness (QED) is 0.503. The normalized spacial score (nSPS) is 20.4. The first-order valence-corrected chi connectivity index (χ1v) is 12.0. The molecular weight excluding hydrogens is 489 g/mol. The van der Waals surface area contributed by atoms with E-state index in [1.165, 1.54) is 11.0 Å². The van der Waals surface area contributed by atoms with Crippen LogP contribution < -0.4 is 10.6 Å². The number of nitrogens with zero attached hydrogens (tertiary/aromatic N) is 3. The van der Waals surface area contributed by atoms with Crippen molar-refractivity contribution in [2.75, 3.05) is 5.32 Å². The van der Waals surface area contributed by atoms with Gasteiger partial charge in [0.2, 0.25) is 11.8 Å². The zero-order valence-corrected chi connectivity index (χ0v) is 20.0. The minimum absolute atomic E-state index is 0.0628. The van der Waals surface area contributed by atoms with Crippen LogP contribution >= 0.6 is 11.6 Å². The van der Waals surface area contributed by atoms with Crippen molar-refractivity contribution < 1.29 is 23.2 Å². The molecular formula is C25H21ClFN5O4. The molecule has 0 radical (unpaired) electrons. The molecule has 1 aliphatic carbocycles. The summed E-state index contributed by atoms with van der Waals surface area (Å²) < 4.78 is 20.0. The Morgan fingerprint density at radius 3 is 2.69 bits per heavy atom. The fourth-order valence-corrected chi connectivity index (χ4v) is 5.16. The molecule has 1 saturated heterocycles. The minimum Gasteiger partial charge on any atom is -0.403 e. The van der Waals surface area contributed by atoms with Crippen LogP contribution in [-0.4, -0.2) is 38.9 Å². The molecule has 11 heteroatoms. The van der Waals surface area contributed by atoms with E-state index in [1.54, 1.807) is 31.2 Å². The maximum absolute atomic E-state index is 14.3. The van der Waals surface area contributed by atoms with Gasteiger partial charge < -0.3 is 14.6 Å². The molecule has 1 aromatic heterocycles. The standard InChI is InChI=1S/C25H21ClFN5O4/c1-12-2-3-14(18(27)8-12)22-30-31-24(36-22)29-25(6-7-25)13-9-15-16(17(26)10-13)11-32(23(15)35)19-4-5-20(33)28-21(19)34/h2-3,8-10,19H,4-7,11H2,1H3,(H,29,31)(H,28,33,34). The molecule has 3 heterocycles. The topological polar surface area (TPSA) is 117 Å². The molecule has 184 valence electrons. The van der Waals surface area contributed by atoms with Crippen LogP contribution in [0.3, 0.4) is 0 Å². The first-order valence-electron chi connectivity index (χ1n) is 11.6. The third-order valence-corrected chi connectivity index (χ3v) is 7.37. The van der Waals surface area contributed by atoms with Crippen LogP contribution in [0, 0.1) is 12.7 Å². The number of piperidine rings is 1. The van der Waals surface area contributed by atoms with E-state index >= 15 is 0 Å². The van der Waals surface area contributed by atoms with E-state index in [-0.39, 0.29) is 48.7 Å². The summed E-state index contributed by atoms with van der Waals surface area (Å²) in [7, 11) is 0. The Bertz CT molecular complexity index is 1450. The molecule has 3 amide bonds. The van der Waals surface area contributed by atoms with Crippen LogP contribution in [0.25, 0.3) is 11.5 Å². The highest BCUT2D eigenvalue weighted by molar-refractivity contribution is 6.32. The van der Waals surface area contributed by atoms with Crippen molar-refractivity contribution in [3.05, 3.63) is 63.4 Å². The maximum atomic E-state index is 14.3. The van der Waals surface area contributed by atoms with E-state index in [2.05, 4.69) is 20.8 Å². The third-order valence-electron chi connectivity index (χ3n) is 7.03. The number of hydrogen-bond acceptors (Lipinski definition) is 7. The van der Waals surface area contributed by atoms with Crippen molar-refractivity contribution in [2.45, 2.75) is 50.7 Å². The van der Waals surface area contributed by atoms with Crippen molar-refractivity contribution in [3.8, 4) is 11.5 Å². The maximum Gasteiger partial charge on any atom is 0.316 e. The second kappa shape index (κ2) is 8.12. The molecule has 1 saturated carbocycles. The first-order chi connectivity index (χ1) is 17.2. The number of nitrogens with one attached hydrogen (secondary N) is 2. The largest absolute Gasteiger partial charge is 0.403 e. The molecule has 0 bridgehead atoms. The lowest BCUT2D eigenvalue weighted by Gasteiger charge is -2.29. The Kier molecular flexibility index (Phi) is 5.11. The predicted molar refractivity (Wildman–Crippen MR) is 126 cm³/mol. The van der Waals surface area contributed by atoms with E-state index in [9.17, 15) is 18.8 Å². The zero-order chi connectivity index (χ0) is 25.2. The molecule has 3 aliphatic rings. The number of amides is 3. The summed E-state index contributed by atoms with van der Waals surface area (Å²) in [5.74, 6) is -1.49.